The molecule has 0 aliphatic carbocycles. The topological polar surface area (TPSA) is 106 Å². The maximum Gasteiger partial charge on any atom is 0.255 e. The average Bonchev–Trinajstić information content (AvgIpc) is 3.29. The van der Waals surface area contributed by atoms with Gasteiger partial charge in [0.2, 0.25) is 11.9 Å². The van der Waals surface area contributed by atoms with Gasteiger partial charge in [-0.15, -0.1) is 0 Å². The van der Waals surface area contributed by atoms with Gasteiger partial charge in [0.25, 0.3) is 5.56 Å². The zero-order valence-electron chi connectivity index (χ0n) is 15.7. The Labute approximate surface area is 156 Å². The van der Waals surface area contributed by atoms with Gasteiger partial charge < -0.3 is 9.73 Å². The highest BCUT2D eigenvalue weighted by atomic mass is 16.3. The first-order chi connectivity index (χ1) is 13.0. The number of unbranched alkanes of at least 4 members (excludes halogenated alkanes) is 1. The van der Waals surface area contributed by atoms with Gasteiger partial charge in [0.15, 0.2) is 5.76 Å². The van der Waals surface area contributed by atoms with Gasteiger partial charge in [-0.05, 0) is 31.9 Å². The second-order valence-corrected chi connectivity index (χ2v) is 6.26. The van der Waals surface area contributed by atoms with Crippen molar-refractivity contribution in [1.82, 2.24) is 19.7 Å². The molecule has 0 unspecified atom stereocenters. The summed E-state index contributed by atoms with van der Waals surface area (Å²) in [5, 5.41) is 7.32. The summed E-state index contributed by atoms with van der Waals surface area (Å²) in [4.78, 5) is 31.8. The highest BCUT2D eigenvalue weighted by molar-refractivity contribution is 5.90. The number of nitrogens with zero attached hydrogens (tertiary/aromatic N) is 3. The molecule has 0 atom stereocenters. The first-order valence-corrected chi connectivity index (χ1v) is 9.07. The zero-order chi connectivity index (χ0) is 19.4. The van der Waals surface area contributed by atoms with E-state index in [1.165, 1.54) is 4.68 Å². The SMILES string of the molecule is CCCCC(=O)Nc1cc(-c2ccco2)nn1-c1nc(C)c(CC)c(=O)[nH]1. The van der Waals surface area contributed by atoms with Gasteiger partial charge in [-0.3, -0.25) is 14.6 Å². The van der Waals surface area contributed by atoms with Crippen LogP contribution in [0.1, 0.15) is 44.4 Å². The van der Waals surface area contributed by atoms with Crippen molar-refractivity contribution >= 4 is 11.7 Å². The molecule has 8 heteroatoms. The predicted octanol–water partition coefficient (Wildman–Crippen LogP) is 3.22. The van der Waals surface area contributed by atoms with Gasteiger partial charge in [-0.2, -0.15) is 9.78 Å². The number of hydrogen-bond acceptors (Lipinski definition) is 5. The Balaban J connectivity index is 2.05. The van der Waals surface area contributed by atoms with Crippen LogP contribution in [0.15, 0.2) is 33.7 Å². The Bertz CT molecular complexity index is 985. The second kappa shape index (κ2) is 8.03. The highest BCUT2D eigenvalue weighted by Crippen LogP contribution is 2.24. The number of anilines is 1. The first-order valence-electron chi connectivity index (χ1n) is 9.07. The smallest absolute Gasteiger partial charge is 0.255 e. The molecule has 142 valence electrons. The third-order valence-corrected chi connectivity index (χ3v) is 4.27. The fraction of sp³-hybridized carbons (Fsp3) is 0.368. The summed E-state index contributed by atoms with van der Waals surface area (Å²) in [7, 11) is 0. The number of carbonyl (C=O) groups is 1. The molecule has 0 aromatic carbocycles. The number of carbonyl (C=O) groups excluding carboxylic acids is 1. The fourth-order valence-electron chi connectivity index (χ4n) is 2.83. The van der Waals surface area contributed by atoms with Crippen molar-refractivity contribution in [2.24, 2.45) is 0 Å². The molecular formula is C19H23N5O3. The van der Waals surface area contributed by atoms with E-state index in [2.05, 4.69) is 20.4 Å². The third kappa shape index (κ3) is 3.99. The van der Waals surface area contributed by atoms with Gasteiger partial charge in [-0.25, -0.2) is 4.98 Å². The Morgan fingerprint density at radius 1 is 1.37 bits per heavy atom. The summed E-state index contributed by atoms with van der Waals surface area (Å²) in [6.07, 6.45) is 4.27. The number of aryl methyl sites for hydroxylation is 1. The Morgan fingerprint density at radius 2 is 2.19 bits per heavy atom. The maximum absolute atomic E-state index is 12.3. The molecule has 27 heavy (non-hydrogen) atoms. The number of hydrogen-bond donors (Lipinski definition) is 2. The normalized spacial score (nSPS) is 10.9. The van der Waals surface area contributed by atoms with Crippen LogP contribution in [0.25, 0.3) is 17.4 Å². The van der Waals surface area contributed by atoms with Crippen molar-refractivity contribution in [3.63, 3.8) is 0 Å². The maximum atomic E-state index is 12.3. The van der Waals surface area contributed by atoms with Crippen LogP contribution in [0.4, 0.5) is 5.82 Å². The monoisotopic (exact) mass is 369 g/mol. The molecule has 1 amide bonds. The van der Waals surface area contributed by atoms with Crippen LogP contribution in [0.5, 0.6) is 0 Å². The standard InChI is InChI=1S/C19H23N5O3/c1-4-6-9-17(25)21-16-11-14(15-8-7-10-27-15)23-24(16)19-20-12(3)13(5-2)18(26)22-19/h7-8,10-11H,4-6,9H2,1-3H3,(H,21,25)(H,20,22,26). The van der Waals surface area contributed by atoms with Crippen LogP contribution in [-0.2, 0) is 11.2 Å². The summed E-state index contributed by atoms with van der Waals surface area (Å²) < 4.78 is 6.82. The summed E-state index contributed by atoms with van der Waals surface area (Å²) in [5.74, 6) is 1.11. The van der Waals surface area contributed by atoms with Crippen LogP contribution in [0.2, 0.25) is 0 Å². The van der Waals surface area contributed by atoms with Gasteiger partial charge in [0, 0.05) is 23.7 Å². The van der Waals surface area contributed by atoms with Crippen LogP contribution in [0, 0.1) is 6.92 Å². The van der Waals surface area contributed by atoms with E-state index in [1.807, 2.05) is 13.8 Å². The van der Waals surface area contributed by atoms with Gasteiger partial charge in [0.05, 0.1) is 6.26 Å². The molecule has 0 aliphatic rings. The molecule has 3 rings (SSSR count). The number of aromatic nitrogens is 4. The van der Waals surface area contributed by atoms with E-state index >= 15 is 0 Å². The third-order valence-electron chi connectivity index (χ3n) is 4.27. The lowest BCUT2D eigenvalue weighted by Gasteiger charge is -2.09. The Hall–Kier alpha value is -3.16. The zero-order valence-corrected chi connectivity index (χ0v) is 15.7. The number of amides is 1. The van der Waals surface area contributed by atoms with E-state index < -0.39 is 0 Å². The quantitative estimate of drug-likeness (QED) is 0.665. The molecule has 0 saturated carbocycles. The Morgan fingerprint density at radius 3 is 2.81 bits per heavy atom. The fourth-order valence-corrected chi connectivity index (χ4v) is 2.83. The molecule has 0 fully saturated rings. The Kier molecular flexibility index (Phi) is 5.54. The first kappa shape index (κ1) is 18.6. The molecule has 3 aromatic heterocycles. The van der Waals surface area contributed by atoms with Crippen molar-refractivity contribution in [2.45, 2.75) is 46.5 Å². The van der Waals surface area contributed by atoms with E-state index in [4.69, 9.17) is 4.42 Å². The van der Waals surface area contributed by atoms with Crippen LogP contribution in [-0.4, -0.2) is 25.7 Å². The minimum atomic E-state index is -0.210. The molecule has 0 radical (unpaired) electrons. The summed E-state index contributed by atoms with van der Waals surface area (Å²) in [6, 6.07) is 5.23. The van der Waals surface area contributed by atoms with Gasteiger partial charge in [-0.1, -0.05) is 20.3 Å². The number of rotatable bonds is 7. The largest absolute Gasteiger partial charge is 0.463 e. The lowest BCUT2D eigenvalue weighted by Crippen LogP contribution is -2.21. The van der Waals surface area contributed by atoms with Crippen molar-refractivity contribution in [3.8, 4) is 17.4 Å². The van der Waals surface area contributed by atoms with Gasteiger partial charge in [0.1, 0.15) is 11.5 Å². The van der Waals surface area contributed by atoms with Crippen LogP contribution >= 0.6 is 0 Å². The minimum absolute atomic E-state index is 0.117. The molecule has 8 nitrogen and oxygen atoms in total. The lowest BCUT2D eigenvalue weighted by molar-refractivity contribution is -0.116. The highest BCUT2D eigenvalue weighted by Gasteiger charge is 2.17. The van der Waals surface area contributed by atoms with E-state index in [9.17, 15) is 9.59 Å². The average molecular weight is 369 g/mol. The van der Waals surface area contributed by atoms with Crippen LogP contribution in [0.3, 0.4) is 0 Å². The molecule has 0 saturated heterocycles. The number of aromatic amines is 1. The molecule has 0 spiro atoms. The molecule has 3 aromatic rings. The lowest BCUT2D eigenvalue weighted by atomic mass is 10.2. The summed E-state index contributed by atoms with van der Waals surface area (Å²) in [6.45, 7) is 5.72. The van der Waals surface area contributed by atoms with Crippen molar-refractivity contribution < 1.29 is 9.21 Å². The van der Waals surface area contributed by atoms with E-state index in [0.717, 1.165) is 12.8 Å². The number of H-pyrrole nitrogens is 1. The van der Waals surface area contributed by atoms with E-state index in [1.54, 1.807) is 31.4 Å². The molecule has 2 N–H and O–H groups in total. The molecular weight excluding hydrogens is 346 g/mol. The number of furan rings is 1. The van der Waals surface area contributed by atoms with Crippen molar-refractivity contribution in [2.75, 3.05) is 5.32 Å². The van der Waals surface area contributed by atoms with Crippen molar-refractivity contribution in [3.05, 3.63) is 46.1 Å². The van der Waals surface area contributed by atoms with E-state index in [-0.39, 0.29) is 17.4 Å². The molecule has 0 bridgehead atoms. The summed E-state index contributed by atoms with van der Waals surface area (Å²) in [5.41, 5.74) is 1.59. The second-order valence-electron chi connectivity index (χ2n) is 6.26. The summed E-state index contributed by atoms with van der Waals surface area (Å²) >= 11 is 0. The van der Waals surface area contributed by atoms with E-state index in [0.29, 0.717) is 41.4 Å². The predicted molar refractivity (Wildman–Crippen MR) is 102 cm³/mol. The van der Waals surface area contributed by atoms with Gasteiger partial charge >= 0.3 is 0 Å². The van der Waals surface area contributed by atoms with Crippen molar-refractivity contribution in [1.29, 1.82) is 0 Å². The molecule has 0 aliphatic heterocycles. The van der Waals surface area contributed by atoms with Crippen LogP contribution < -0.4 is 10.9 Å². The minimum Gasteiger partial charge on any atom is -0.463 e. The molecule has 3 heterocycles. The number of nitrogens with one attached hydrogen (secondary N) is 2.